The van der Waals surface area contributed by atoms with Crippen molar-refractivity contribution in [2.24, 2.45) is 5.41 Å². The fraction of sp³-hybridized carbons (Fsp3) is 0.467. The van der Waals surface area contributed by atoms with Crippen molar-refractivity contribution in [1.82, 2.24) is 0 Å². The van der Waals surface area contributed by atoms with E-state index in [1.807, 2.05) is 26.8 Å². The Morgan fingerprint density at radius 3 is 2.58 bits per heavy atom. The number of Topliss-reactive ketones (excluding diaryl/α,β-unsaturated/α-hetero) is 1. The molecule has 4 nitrogen and oxygen atoms in total. The Morgan fingerprint density at radius 2 is 2.11 bits per heavy atom. The number of nitrogens with one attached hydrogen (secondary N) is 1. The highest BCUT2D eigenvalue weighted by Crippen LogP contribution is 2.22. The van der Waals surface area contributed by atoms with Gasteiger partial charge in [-0.05, 0) is 30.5 Å². The van der Waals surface area contributed by atoms with Crippen molar-refractivity contribution in [1.29, 1.82) is 5.26 Å². The zero-order valence-corrected chi connectivity index (χ0v) is 11.8. The van der Waals surface area contributed by atoms with Gasteiger partial charge in [0.05, 0.1) is 17.7 Å². The van der Waals surface area contributed by atoms with E-state index in [1.54, 1.807) is 18.2 Å². The first-order valence-electron chi connectivity index (χ1n) is 6.22. The third kappa shape index (κ3) is 4.08. The summed E-state index contributed by atoms with van der Waals surface area (Å²) in [5.74, 6) is -0.0720. The van der Waals surface area contributed by atoms with E-state index in [9.17, 15) is 9.90 Å². The van der Waals surface area contributed by atoms with Crippen molar-refractivity contribution in [3.8, 4) is 6.07 Å². The number of hydrogen-bond acceptors (Lipinski definition) is 4. The van der Waals surface area contributed by atoms with E-state index in [4.69, 9.17) is 5.26 Å². The van der Waals surface area contributed by atoms with Crippen LogP contribution in [0.1, 0.15) is 43.6 Å². The number of benzene rings is 1. The number of carbonyl (C=O) groups is 1. The average molecular weight is 260 g/mol. The second kappa shape index (κ2) is 5.85. The lowest BCUT2D eigenvalue weighted by Crippen LogP contribution is -2.33. The van der Waals surface area contributed by atoms with Crippen LogP contribution in [0, 0.1) is 16.7 Å². The number of nitriles is 1. The van der Waals surface area contributed by atoms with Gasteiger partial charge in [-0.25, -0.2) is 0 Å². The quantitative estimate of drug-likeness (QED) is 0.816. The van der Waals surface area contributed by atoms with Crippen LogP contribution in [0.4, 0.5) is 5.69 Å². The number of aliphatic hydroxyl groups excluding tert-OH is 1. The van der Waals surface area contributed by atoms with Crippen molar-refractivity contribution in [2.45, 2.75) is 33.8 Å². The molecule has 2 N–H and O–H groups in total. The third-order valence-corrected chi connectivity index (χ3v) is 3.01. The molecule has 0 aromatic heterocycles. The maximum Gasteiger partial charge on any atom is 0.161 e. The highest BCUT2D eigenvalue weighted by molar-refractivity contribution is 5.99. The van der Waals surface area contributed by atoms with E-state index in [1.165, 1.54) is 6.92 Å². The first-order valence-corrected chi connectivity index (χ1v) is 6.22. The van der Waals surface area contributed by atoms with E-state index in [0.29, 0.717) is 23.4 Å². The molecule has 1 aromatic carbocycles. The summed E-state index contributed by atoms with van der Waals surface area (Å²) in [7, 11) is 0. The molecule has 0 aliphatic carbocycles. The fourth-order valence-corrected chi connectivity index (χ4v) is 1.58. The largest absolute Gasteiger partial charge is 0.391 e. The lowest BCUT2D eigenvalue weighted by atomic mass is 9.89. The van der Waals surface area contributed by atoms with Crippen LogP contribution in [0.3, 0.4) is 0 Å². The minimum atomic E-state index is -0.543. The van der Waals surface area contributed by atoms with Gasteiger partial charge in [-0.3, -0.25) is 4.79 Å². The standard InChI is InChI=1S/C15H20N2O2/c1-10(18)12-6-5-11(8-16)7-13(12)17-9-14(19)15(2,3)4/h5-7,14,17,19H,9H2,1-4H3. The molecule has 1 atom stereocenters. The minimum Gasteiger partial charge on any atom is -0.391 e. The molecular weight excluding hydrogens is 240 g/mol. The Kier molecular flexibility index (Phi) is 4.68. The van der Waals surface area contributed by atoms with Crippen LogP contribution in [0.25, 0.3) is 0 Å². The molecule has 0 spiro atoms. The molecule has 0 heterocycles. The fourth-order valence-electron chi connectivity index (χ4n) is 1.58. The molecule has 1 aromatic rings. The van der Waals surface area contributed by atoms with Gasteiger partial charge >= 0.3 is 0 Å². The van der Waals surface area contributed by atoms with Gasteiger partial charge in [0.1, 0.15) is 0 Å². The number of ketones is 1. The number of hydrogen-bond donors (Lipinski definition) is 2. The average Bonchev–Trinajstić information content (AvgIpc) is 2.33. The molecular formula is C15H20N2O2. The van der Waals surface area contributed by atoms with Crippen molar-refractivity contribution < 1.29 is 9.90 Å². The summed E-state index contributed by atoms with van der Waals surface area (Å²) in [5.41, 5.74) is 1.36. The maximum atomic E-state index is 11.5. The molecule has 1 rings (SSSR count). The molecule has 0 aliphatic heterocycles. The van der Waals surface area contributed by atoms with Gasteiger partial charge in [-0.15, -0.1) is 0 Å². The SMILES string of the molecule is CC(=O)c1ccc(C#N)cc1NCC(O)C(C)(C)C. The summed E-state index contributed by atoms with van der Waals surface area (Å²) in [6.45, 7) is 7.64. The monoisotopic (exact) mass is 260 g/mol. The van der Waals surface area contributed by atoms with Crippen LogP contribution < -0.4 is 5.32 Å². The molecule has 0 aliphatic rings. The number of aliphatic hydroxyl groups is 1. The van der Waals surface area contributed by atoms with Crippen LogP contribution in [0.2, 0.25) is 0 Å². The number of carbonyl (C=O) groups excluding carboxylic acids is 1. The Balaban J connectivity index is 2.93. The van der Waals surface area contributed by atoms with Gasteiger partial charge in [0, 0.05) is 17.8 Å². The topological polar surface area (TPSA) is 73.1 Å². The van der Waals surface area contributed by atoms with Gasteiger partial charge < -0.3 is 10.4 Å². The van der Waals surface area contributed by atoms with Gasteiger partial charge in [0.15, 0.2) is 5.78 Å². The number of rotatable bonds is 4. The van der Waals surface area contributed by atoms with Crippen LogP contribution in [-0.4, -0.2) is 23.5 Å². The van der Waals surface area contributed by atoms with Gasteiger partial charge in [0.2, 0.25) is 0 Å². The normalized spacial score (nSPS) is 12.6. The smallest absolute Gasteiger partial charge is 0.161 e. The van der Waals surface area contributed by atoms with Crippen molar-refractivity contribution in [2.75, 3.05) is 11.9 Å². The summed E-state index contributed by atoms with van der Waals surface area (Å²) in [5, 5.41) is 21.9. The van der Waals surface area contributed by atoms with E-state index in [-0.39, 0.29) is 11.2 Å². The van der Waals surface area contributed by atoms with Crippen LogP contribution in [-0.2, 0) is 0 Å². The molecule has 19 heavy (non-hydrogen) atoms. The molecule has 102 valence electrons. The maximum absolute atomic E-state index is 11.5. The van der Waals surface area contributed by atoms with E-state index >= 15 is 0 Å². The predicted molar refractivity (Wildman–Crippen MR) is 75.1 cm³/mol. The van der Waals surface area contributed by atoms with E-state index in [0.717, 1.165) is 0 Å². The molecule has 0 bridgehead atoms. The molecule has 0 fully saturated rings. The van der Waals surface area contributed by atoms with Crippen molar-refractivity contribution in [3.63, 3.8) is 0 Å². The van der Waals surface area contributed by atoms with Crippen molar-refractivity contribution >= 4 is 11.5 Å². The summed E-state index contributed by atoms with van der Waals surface area (Å²) in [6, 6.07) is 6.91. The Morgan fingerprint density at radius 1 is 1.47 bits per heavy atom. The molecule has 0 saturated carbocycles. The zero-order valence-electron chi connectivity index (χ0n) is 11.8. The summed E-state index contributed by atoms with van der Waals surface area (Å²) in [4.78, 5) is 11.5. The molecule has 0 saturated heterocycles. The first kappa shape index (κ1) is 15.2. The lowest BCUT2D eigenvalue weighted by molar-refractivity contribution is 0.0745. The lowest BCUT2D eigenvalue weighted by Gasteiger charge is -2.26. The van der Waals surface area contributed by atoms with Crippen molar-refractivity contribution in [3.05, 3.63) is 29.3 Å². The highest BCUT2D eigenvalue weighted by atomic mass is 16.3. The second-order valence-corrected chi connectivity index (χ2v) is 5.69. The Labute approximate surface area is 114 Å². The number of nitrogens with zero attached hydrogens (tertiary/aromatic N) is 1. The second-order valence-electron chi connectivity index (χ2n) is 5.69. The predicted octanol–water partition coefficient (Wildman–Crippen LogP) is 2.58. The van der Waals surface area contributed by atoms with Crippen LogP contribution >= 0.6 is 0 Å². The summed E-state index contributed by atoms with van der Waals surface area (Å²) >= 11 is 0. The highest BCUT2D eigenvalue weighted by Gasteiger charge is 2.22. The molecule has 1 unspecified atom stereocenters. The van der Waals surface area contributed by atoms with Gasteiger partial charge in [0.25, 0.3) is 0 Å². The molecule has 0 amide bonds. The van der Waals surface area contributed by atoms with Crippen LogP contribution in [0.15, 0.2) is 18.2 Å². The van der Waals surface area contributed by atoms with Crippen LogP contribution in [0.5, 0.6) is 0 Å². The Bertz CT molecular complexity index is 510. The van der Waals surface area contributed by atoms with Gasteiger partial charge in [-0.1, -0.05) is 20.8 Å². The third-order valence-electron chi connectivity index (χ3n) is 3.01. The summed E-state index contributed by atoms with van der Waals surface area (Å²) in [6.07, 6.45) is -0.543. The Hall–Kier alpha value is -1.86. The van der Waals surface area contributed by atoms with E-state index in [2.05, 4.69) is 5.32 Å². The summed E-state index contributed by atoms with van der Waals surface area (Å²) < 4.78 is 0. The minimum absolute atomic E-state index is 0.0720. The molecule has 4 heteroatoms. The zero-order chi connectivity index (χ0) is 14.6. The molecule has 0 radical (unpaired) electrons. The number of anilines is 1. The van der Waals surface area contributed by atoms with E-state index < -0.39 is 6.10 Å². The van der Waals surface area contributed by atoms with Gasteiger partial charge in [-0.2, -0.15) is 5.26 Å². The first-order chi connectivity index (χ1) is 8.75.